The molecule has 2 aromatic rings. The molecule has 7 nitrogen and oxygen atoms in total. The van der Waals surface area contributed by atoms with Crippen LogP contribution < -0.4 is 9.64 Å². The van der Waals surface area contributed by atoms with Gasteiger partial charge in [0.25, 0.3) is 5.91 Å². The highest BCUT2D eigenvalue weighted by molar-refractivity contribution is 6.08. The number of benzene rings is 1. The van der Waals surface area contributed by atoms with Crippen molar-refractivity contribution in [3.8, 4) is 5.75 Å². The number of rotatable bonds is 2. The highest BCUT2D eigenvalue weighted by Gasteiger charge is 2.29. The Balaban J connectivity index is 2.05. The predicted molar refractivity (Wildman–Crippen MR) is 73.9 cm³/mol. The normalized spacial score (nSPS) is 13.5. The van der Waals surface area contributed by atoms with E-state index in [-0.39, 0.29) is 23.8 Å². The molecule has 0 unspecified atom stereocenters. The first kappa shape index (κ1) is 13.2. The number of aromatic amines is 1. The number of aromatic carboxylic acids is 1. The number of amides is 1. The van der Waals surface area contributed by atoms with Crippen molar-refractivity contribution >= 4 is 17.6 Å². The molecule has 0 bridgehead atoms. The number of H-pyrrole nitrogens is 1. The smallest absolute Gasteiger partial charge is 0.339 e. The maximum absolute atomic E-state index is 12.6. The molecule has 1 aromatic carbocycles. The van der Waals surface area contributed by atoms with E-state index in [1.807, 2.05) is 0 Å². The van der Waals surface area contributed by atoms with Gasteiger partial charge in [-0.15, -0.1) is 0 Å². The molecule has 21 heavy (non-hydrogen) atoms. The van der Waals surface area contributed by atoms with Gasteiger partial charge in [0, 0.05) is 5.69 Å². The van der Waals surface area contributed by atoms with E-state index in [9.17, 15) is 14.7 Å². The molecule has 1 aliphatic heterocycles. The average molecular weight is 287 g/mol. The largest absolute Gasteiger partial charge is 0.489 e. The number of carbonyl (C=O) groups is 2. The molecule has 108 valence electrons. The number of hydrogen-bond donors (Lipinski definition) is 2. The SMILES string of the molecule is Cc1[nH]ncc1C(=O)N1CCOc2c(C(=O)O)cccc21. The summed E-state index contributed by atoms with van der Waals surface area (Å²) in [5.74, 6) is -1.08. The highest BCUT2D eigenvalue weighted by atomic mass is 16.5. The van der Waals surface area contributed by atoms with Crippen LogP contribution in [-0.4, -0.2) is 40.3 Å². The maximum Gasteiger partial charge on any atom is 0.339 e. The third-order valence-corrected chi connectivity index (χ3v) is 3.38. The second-order valence-electron chi connectivity index (χ2n) is 4.67. The second-order valence-corrected chi connectivity index (χ2v) is 4.67. The number of ether oxygens (including phenoxy) is 1. The minimum atomic E-state index is -1.08. The summed E-state index contributed by atoms with van der Waals surface area (Å²) >= 11 is 0. The van der Waals surface area contributed by atoms with E-state index in [0.717, 1.165) is 0 Å². The van der Waals surface area contributed by atoms with Crippen LogP contribution in [0.4, 0.5) is 5.69 Å². The quantitative estimate of drug-likeness (QED) is 0.871. The number of fused-ring (bicyclic) bond motifs is 1. The van der Waals surface area contributed by atoms with Crippen molar-refractivity contribution in [3.05, 3.63) is 41.2 Å². The number of anilines is 1. The van der Waals surface area contributed by atoms with Crippen LogP contribution in [0.15, 0.2) is 24.4 Å². The number of carboxylic acid groups (broad SMARTS) is 1. The van der Waals surface area contributed by atoms with Crippen molar-refractivity contribution in [3.63, 3.8) is 0 Å². The Morgan fingerprint density at radius 2 is 2.19 bits per heavy atom. The van der Waals surface area contributed by atoms with E-state index in [4.69, 9.17) is 4.74 Å². The number of nitrogens with zero attached hydrogens (tertiary/aromatic N) is 2. The molecule has 7 heteroatoms. The van der Waals surface area contributed by atoms with Gasteiger partial charge in [-0.2, -0.15) is 5.10 Å². The Labute approximate surface area is 120 Å². The molecule has 3 rings (SSSR count). The van der Waals surface area contributed by atoms with Crippen LogP contribution in [0.5, 0.6) is 5.75 Å². The lowest BCUT2D eigenvalue weighted by atomic mass is 10.1. The summed E-state index contributed by atoms with van der Waals surface area (Å²) in [5, 5.41) is 15.8. The monoisotopic (exact) mass is 287 g/mol. The standard InChI is InChI=1S/C14H13N3O4/c1-8-10(7-15-16-8)13(18)17-5-6-21-12-9(14(19)20)3-2-4-11(12)17/h2-4,7H,5-6H2,1H3,(H,15,16)(H,19,20). The Morgan fingerprint density at radius 1 is 1.38 bits per heavy atom. The Kier molecular flexibility index (Phi) is 3.09. The number of nitrogens with one attached hydrogen (secondary N) is 1. The van der Waals surface area contributed by atoms with E-state index >= 15 is 0 Å². The van der Waals surface area contributed by atoms with E-state index in [0.29, 0.717) is 23.5 Å². The van der Waals surface area contributed by atoms with Crippen LogP contribution in [0.1, 0.15) is 26.4 Å². The molecule has 0 spiro atoms. The Bertz CT molecular complexity index is 723. The molecule has 0 fully saturated rings. The number of aromatic nitrogens is 2. The highest BCUT2D eigenvalue weighted by Crippen LogP contribution is 2.35. The summed E-state index contributed by atoms with van der Waals surface area (Å²) in [6.07, 6.45) is 1.47. The lowest BCUT2D eigenvalue weighted by Gasteiger charge is -2.30. The zero-order valence-corrected chi connectivity index (χ0v) is 11.3. The van der Waals surface area contributed by atoms with Crippen LogP contribution in [0.25, 0.3) is 0 Å². The summed E-state index contributed by atoms with van der Waals surface area (Å²) in [6.45, 7) is 2.37. The molecule has 0 aliphatic carbocycles. The van der Waals surface area contributed by atoms with Crippen LogP contribution >= 0.6 is 0 Å². The summed E-state index contributed by atoms with van der Waals surface area (Å²) in [5.41, 5.74) is 1.65. The first-order valence-corrected chi connectivity index (χ1v) is 6.40. The molecule has 2 N–H and O–H groups in total. The van der Waals surface area contributed by atoms with Gasteiger partial charge >= 0.3 is 5.97 Å². The van der Waals surface area contributed by atoms with E-state index in [1.54, 1.807) is 19.1 Å². The van der Waals surface area contributed by atoms with Gasteiger partial charge in [0.1, 0.15) is 12.2 Å². The molecule has 1 aromatic heterocycles. The molecular formula is C14H13N3O4. The molecule has 0 radical (unpaired) electrons. The minimum Gasteiger partial charge on any atom is -0.489 e. The first-order valence-electron chi connectivity index (χ1n) is 6.40. The predicted octanol–water partition coefficient (Wildman–Crippen LogP) is 1.46. The number of hydrogen-bond acceptors (Lipinski definition) is 4. The summed E-state index contributed by atoms with van der Waals surface area (Å²) in [7, 11) is 0. The maximum atomic E-state index is 12.6. The van der Waals surface area contributed by atoms with Crippen LogP contribution in [0.3, 0.4) is 0 Å². The zero-order valence-electron chi connectivity index (χ0n) is 11.3. The van der Waals surface area contributed by atoms with Crippen molar-refractivity contribution in [2.24, 2.45) is 0 Å². The van der Waals surface area contributed by atoms with E-state index in [1.165, 1.54) is 17.2 Å². The number of aryl methyl sites for hydroxylation is 1. The van der Waals surface area contributed by atoms with Crippen LogP contribution in [-0.2, 0) is 0 Å². The van der Waals surface area contributed by atoms with Crippen molar-refractivity contribution in [2.45, 2.75) is 6.92 Å². The van der Waals surface area contributed by atoms with Gasteiger partial charge in [0.2, 0.25) is 0 Å². The van der Waals surface area contributed by atoms with Crippen molar-refractivity contribution in [1.82, 2.24) is 10.2 Å². The van der Waals surface area contributed by atoms with Gasteiger partial charge in [0.15, 0.2) is 5.75 Å². The fourth-order valence-electron chi connectivity index (χ4n) is 2.34. The molecule has 1 aliphatic rings. The first-order chi connectivity index (χ1) is 10.1. The third kappa shape index (κ3) is 2.12. The van der Waals surface area contributed by atoms with Crippen molar-refractivity contribution < 1.29 is 19.4 Å². The number of carboxylic acids is 1. The van der Waals surface area contributed by atoms with Gasteiger partial charge in [-0.1, -0.05) is 6.07 Å². The molecular weight excluding hydrogens is 274 g/mol. The Morgan fingerprint density at radius 3 is 2.86 bits per heavy atom. The molecule has 2 heterocycles. The number of para-hydroxylation sites is 1. The summed E-state index contributed by atoms with van der Waals surface area (Å²) < 4.78 is 5.45. The molecule has 0 saturated carbocycles. The minimum absolute atomic E-state index is 0.0499. The second kappa shape index (κ2) is 4.93. The average Bonchev–Trinajstić information content (AvgIpc) is 2.91. The van der Waals surface area contributed by atoms with Gasteiger partial charge in [-0.25, -0.2) is 4.79 Å². The molecule has 1 amide bonds. The zero-order chi connectivity index (χ0) is 15.0. The number of carbonyl (C=O) groups excluding carboxylic acids is 1. The lowest BCUT2D eigenvalue weighted by Crippen LogP contribution is -2.38. The summed E-state index contributed by atoms with van der Waals surface area (Å²) in [4.78, 5) is 25.3. The van der Waals surface area contributed by atoms with Gasteiger partial charge < -0.3 is 14.7 Å². The van der Waals surface area contributed by atoms with E-state index < -0.39 is 5.97 Å². The van der Waals surface area contributed by atoms with E-state index in [2.05, 4.69) is 10.2 Å². The lowest BCUT2D eigenvalue weighted by molar-refractivity contribution is 0.0690. The summed E-state index contributed by atoms with van der Waals surface area (Å²) in [6, 6.07) is 4.73. The van der Waals surface area contributed by atoms with Gasteiger partial charge in [0.05, 0.1) is 24.0 Å². The van der Waals surface area contributed by atoms with Crippen molar-refractivity contribution in [2.75, 3.05) is 18.1 Å². The van der Waals surface area contributed by atoms with Gasteiger partial charge in [-0.05, 0) is 19.1 Å². The van der Waals surface area contributed by atoms with Crippen LogP contribution in [0, 0.1) is 6.92 Å². The fraction of sp³-hybridized carbons (Fsp3) is 0.214. The third-order valence-electron chi connectivity index (χ3n) is 3.38. The fourth-order valence-corrected chi connectivity index (χ4v) is 2.34. The Hall–Kier alpha value is -2.83. The van der Waals surface area contributed by atoms with Crippen molar-refractivity contribution in [1.29, 1.82) is 0 Å². The topological polar surface area (TPSA) is 95.5 Å². The molecule has 0 saturated heterocycles. The van der Waals surface area contributed by atoms with Crippen LogP contribution in [0.2, 0.25) is 0 Å². The molecule has 0 atom stereocenters. The van der Waals surface area contributed by atoms with Gasteiger partial charge in [-0.3, -0.25) is 9.89 Å².